The van der Waals surface area contributed by atoms with Crippen molar-refractivity contribution in [3.63, 3.8) is 0 Å². The first-order valence-corrected chi connectivity index (χ1v) is 12.3. The number of rotatable bonds is 7. The first kappa shape index (κ1) is 25.1. The Bertz CT molecular complexity index is 1690. The van der Waals surface area contributed by atoms with Crippen LogP contribution >= 0.6 is 0 Å². The summed E-state index contributed by atoms with van der Waals surface area (Å²) in [7, 11) is 1.69. The van der Waals surface area contributed by atoms with Gasteiger partial charge in [-0.25, -0.2) is 4.39 Å². The van der Waals surface area contributed by atoms with Crippen LogP contribution in [0, 0.1) is 12.7 Å². The maximum atomic E-state index is 13.8. The zero-order valence-electron chi connectivity index (χ0n) is 21.4. The normalized spacial score (nSPS) is 12.0. The van der Waals surface area contributed by atoms with E-state index in [2.05, 4.69) is 15.6 Å². The van der Waals surface area contributed by atoms with E-state index in [0.29, 0.717) is 0 Å². The number of halogens is 1. The van der Waals surface area contributed by atoms with Crippen LogP contribution in [0.15, 0.2) is 90.1 Å². The van der Waals surface area contributed by atoms with Gasteiger partial charge in [0.1, 0.15) is 11.5 Å². The molecule has 1 amide bonds. The molecule has 0 fully saturated rings. The SMILES string of the molecule is CN[C@@H](C)C(=O)Nc1ccc(-c2ccccc2)n(Cc2cncc(-n3cc(C)c4cc(F)ccc43)c2)c1=O. The minimum Gasteiger partial charge on any atom is -0.320 e. The number of aromatic nitrogens is 3. The minimum atomic E-state index is -0.453. The van der Waals surface area contributed by atoms with Crippen molar-refractivity contribution in [2.75, 3.05) is 12.4 Å². The van der Waals surface area contributed by atoms with Crippen LogP contribution in [-0.4, -0.2) is 33.1 Å². The van der Waals surface area contributed by atoms with Gasteiger partial charge in [0.15, 0.2) is 0 Å². The molecular formula is C30H28FN5O2. The van der Waals surface area contributed by atoms with E-state index in [9.17, 15) is 14.0 Å². The smallest absolute Gasteiger partial charge is 0.275 e. The summed E-state index contributed by atoms with van der Waals surface area (Å²) in [4.78, 5) is 30.6. The molecule has 0 saturated heterocycles. The van der Waals surface area contributed by atoms with E-state index in [0.717, 1.165) is 39.0 Å². The zero-order chi connectivity index (χ0) is 26.8. The topological polar surface area (TPSA) is 81.0 Å². The van der Waals surface area contributed by atoms with Gasteiger partial charge < -0.3 is 19.8 Å². The standard InChI is InChI=1S/C30H28FN5O2/c1-19-17-35(28-11-9-23(31)14-25(19)28)24-13-21(15-33-16-24)18-36-27(22-7-5-4-6-8-22)12-10-26(30(36)38)34-29(37)20(2)32-3/h4-17,20,32H,18H2,1-3H3,(H,34,37)/t20-/m0/s1. The van der Waals surface area contributed by atoms with Crippen molar-refractivity contribution in [1.29, 1.82) is 0 Å². The molecule has 0 aliphatic heterocycles. The van der Waals surface area contributed by atoms with E-state index < -0.39 is 6.04 Å². The minimum absolute atomic E-state index is 0.204. The fourth-order valence-electron chi connectivity index (χ4n) is 4.52. The third kappa shape index (κ3) is 4.86. The van der Waals surface area contributed by atoms with Gasteiger partial charge >= 0.3 is 0 Å². The van der Waals surface area contributed by atoms with E-state index in [1.54, 1.807) is 43.1 Å². The largest absolute Gasteiger partial charge is 0.320 e. The molecule has 5 rings (SSSR count). The van der Waals surface area contributed by atoms with Crippen LogP contribution in [0.5, 0.6) is 0 Å². The predicted molar refractivity (Wildman–Crippen MR) is 148 cm³/mol. The van der Waals surface area contributed by atoms with Crippen molar-refractivity contribution in [3.05, 3.63) is 113 Å². The number of hydrogen-bond donors (Lipinski definition) is 2. The van der Waals surface area contributed by atoms with Crippen LogP contribution in [0.3, 0.4) is 0 Å². The second-order valence-corrected chi connectivity index (χ2v) is 9.28. The van der Waals surface area contributed by atoms with E-state index >= 15 is 0 Å². The maximum absolute atomic E-state index is 13.8. The lowest BCUT2D eigenvalue weighted by Gasteiger charge is -2.17. The highest BCUT2D eigenvalue weighted by Crippen LogP contribution is 2.26. The molecule has 8 heteroatoms. The van der Waals surface area contributed by atoms with Gasteiger partial charge in [-0.2, -0.15) is 0 Å². The number of likely N-dealkylation sites (N-methyl/N-ethyl adjacent to an activating group) is 1. The molecule has 7 nitrogen and oxygen atoms in total. The lowest BCUT2D eigenvalue weighted by atomic mass is 10.1. The summed E-state index contributed by atoms with van der Waals surface area (Å²) in [6.45, 7) is 3.91. The Morgan fingerprint density at radius 2 is 1.84 bits per heavy atom. The Kier molecular flexibility index (Phi) is 6.89. The highest BCUT2D eigenvalue weighted by molar-refractivity contribution is 5.94. The lowest BCUT2D eigenvalue weighted by molar-refractivity contribution is -0.117. The van der Waals surface area contributed by atoms with Crippen LogP contribution in [0.2, 0.25) is 0 Å². The summed E-state index contributed by atoms with van der Waals surface area (Å²) in [6.07, 6.45) is 5.41. The molecule has 0 saturated carbocycles. The molecule has 0 aliphatic rings. The second-order valence-electron chi connectivity index (χ2n) is 9.28. The van der Waals surface area contributed by atoms with Gasteiger partial charge in [0, 0.05) is 17.8 Å². The van der Waals surface area contributed by atoms with E-state index in [4.69, 9.17) is 0 Å². The number of anilines is 1. The summed E-state index contributed by atoms with van der Waals surface area (Å²) in [5.41, 5.74) is 4.91. The molecule has 2 N–H and O–H groups in total. The average Bonchev–Trinajstić information content (AvgIpc) is 3.26. The molecule has 0 aliphatic carbocycles. The van der Waals surface area contributed by atoms with Crippen molar-refractivity contribution < 1.29 is 9.18 Å². The Balaban J connectivity index is 1.57. The number of nitrogens with zero attached hydrogens (tertiary/aromatic N) is 3. The number of carbonyl (C=O) groups excluding carboxylic acids is 1. The van der Waals surface area contributed by atoms with Gasteiger partial charge in [0.2, 0.25) is 5.91 Å². The monoisotopic (exact) mass is 509 g/mol. The molecule has 0 spiro atoms. The van der Waals surface area contributed by atoms with Crippen molar-refractivity contribution in [2.24, 2.45) is 0 Å². The number of carbonyl (C=O) groups is 1. The highest BCUT2D eigenvalue weighted by Gasteiger charge is 2.17. The predicted octanol–water partition coefficient (Wildman–Crippen LogP) is 4.90. The summed E-state index contributed by atoms with van der Waals surface area (Å²) in [5, 5.41) is 6.46. The second kappa shape index (κ2) is 10.4. The molecule has 0 unspecified atom stereocenters. The Labute approximate surface area is 219 Å². The fraction of sp³-hybridized carbons (Fsp3) is 0.167. The Morgan fingerprint density at radius 3 is 2.61 bits per heavy atom. The molecule has 0 bridgehead atoms. The Morgan fingerprint density at radius 1 is 1.05 bits per heavy atom. The summed E-state index contributed by atoms with van der Waals surface area (Å²) in [6, 6.07) is 19.3. The third-order valence-corrected chi connectivity index (χ3v) is 6.69. The van der Waals surface area contributed by atoms with Gasteiger partial charge in [-0.15, -0.1) is 0 Å². The van der Waals surface area contributed by atoms with Crippen molar-refractivity contribution in [3.8, 4) is 16.9 Å². The number of fused-ring (bicyclic) bond motifs is 1. The number of benzene rings is 2. The van der Waals surface area contributed by atoms with E-state index in [1.165, 1.54) is 12.1 Å². The lowest BCUT2D eigenvalue weighted by Crippen LogP contribution is -2.37. The number of aryl methyl sites for hydroxylation is 1. The fourth-order valence-corrected chi connectivity index (χ4v) is 4.52. The average molecular weight is 510 g/mol. The molecular weight excluding hydrogens is 481 g/mol. The molecule has 1 atom stereocenters. The first-order chi connectivity index (χ1) is 18.4. The number of pyridine rings is 2. The molecule has 5 aromatic rings. The zero-order valence-corrected chi connectivity index (χ0v) is 21.4. The van der Waals surface area contributed by atoms with Gasteiger partial charge in [-0.3, -0.25) is 14.6 Å². The van der Waals surface area contributed by atoms with Crippen molar-refractivity contribution in [2.45, 2.75) is 26.4 Å². The third-order valence-electron chi connectivity index (χ3n) is 6.69. The number of nitrogens with one attached hydrogen (secondary N) is 2. The maximum Gasteiger partial charge on any atom is 0.275 e. The molecule has 2 aromatic carbocycles. The summed E-state index contributed by atoms with van der Waals surface area (Å²) >= 11 is 0. The van der Waals surface area contributed by atoms with E-state index in [-0.39, 0.29) is 29.5 Å². The van der Waals surface area contributed by atoms with E-state index in [1.807, 2.05) is 60.2 Å². The van der Waals surface area contributed by atoms with Gasteiger partial charge in [0.25, 0.3) is 5.56 Å². The molecule has 38 heavy (non-hydrogen) atoms. The number of amides is 1. The van der Waals surface area contributed by atoms with Crippen LogP contribution < -0.4 is 16.2 Å². The molecule has 3 aromatic heterocycles. The summed E-state index contributed by atoms with van der Waals surface area (Å²) in [5.74, 6) is -0.576. The molecule has 0 radical (unpaired) electrons. The number of hydrogen-bond acceptors (Lipinski definition) is 4. The van der Waals surface area contributed by atoms with Gasteiger partial charge in [-0.1, -0.05) is 30.3 Å². The van der Waals surface area contributed by atoms with Crippen LogP contribution in [0.25, 0.3) is 27.8 Å². The quantitative estimate of drug-likeness (QED) is 0.327. The van der Waals surface area contributed by atoms with Gasteiger partial charge in [0.05, 0.1) is 35.7 Å². The van der Waals surface area contributed by atoms with Crippen LogP contribution in [-0.2, 0) is 11.3 Å². The molecule has 3 heterocycles. The van der Waals surface area contributed by atoms with Crippen molar-refractivity contribution >= 4 is 22.5 Å². The first-order valence-electron chi connectivity index (χ1n) is 12.3. The highest BCUT2D eigenvalue weighted by atomic mass is 19.1. The van der Waals surface area contributed by atoms with Crippen LogP contribution in [0.4, 0.5) is 10.1 Å². The Hall–Kier alpha value is -4.56. The summed E-state index contributed by atoms with van der Waals surface area (Å²) < 4.78 is 17.5. The van der Waals surface area contributed by atoms with Crippen LogP contribution in [0.1, 0.15) is 18.1 Å². The molecule has 192 valence electrons. The van der Waals surface area contributed by atoms with Gasteiger partial charge in [-0.05, 0) is 74.0 Å². The van der Waals surface area contributed by atoms with Crippen molar-refractivity contribution in [1.82, 2.24) is 19.4 Å².